The summed E-state index contributed by atoms with van der Waals surface area (Å²) in [4.78, 5) is 0. The molecule has 0 amide bonds. The van der Waals surface area contributed by atoms with Crippen LogP contribution in [0.5, 0.6) is 0 Å². The maximum absolute atomic E-state index is 3.78. The van der Waals surface area contributed by atoms with Crippen molar-refractivity contribution < 1.29 is 0 Å². The van der Waals surface area contributed by atoms with E-state index in [4.69, 9.17) is 0 Å². The zero-order valence-electron chi connectivity index (χ0n) is 14.0. The second kappa shape index (κ2) is 8.28. The zero-order chi connectivity index (χ0) is 15.9. The van der Waals surface area contributed by atoms with Gasteiger partial charge in [0.25, 0.3) is 0 Å². The van der Waals surface area contributed by atoms with Crippen molar-refractivity contribution in [3.8, 4) is 0 Å². The lowest BCUT2D eigenvalue weighted by Crippen LogP contribution is -2.45. The van der Waals surface area contributed by atoms with Crippen LogP contribution in [-0.4, -0.2) is 12.1 Å². The molecule has 0 bridgehead atoms. The van der Waals surface area contributed by atoms with E-state index in [2.05, 4.69) is 78.2 Å². The molecule has 3 atom stereocenters. The van der Waals surface area contributed by atoms with Crippen LogP contribution < -0.4 is 10.6 Å². The molecule has 122 valence electrons. The van der Waals surface area contributed by atoms with Gasteiger partial charge in [0.15, 0.2) is 0 Å². The fourth-order valence-electron chi connectivity index (χ4n) is 3.49. The van der Waals surface area contributed by atoms with Crippen molar-refractivity contribution in [2.75, 3.05) is 0 Å². The normalized spacial score (nSPS) is 24.5. The zero-order valence-corrected chi connectivity index (χ0v) is 14.0. The minimum Gasteiger partial charge on any atom is -0.310 e. The van der Waals surface area contributed by atoms with Crippen molar-refractivity contribution in [1.82, 2.24) is 10.6 Å². The molecule has 3 rings (SSSR count). The molecule has 2 aromatic carbocycles. The van der Waals surface area contributed by atoms with Crippen molar-refractivity contribution in [2.24, 2.45) is 5.92 Å². The van der Waals surface area contributed by atoms with E-state index in [0.29, 0.717) is 12.1 Å². The number of hydrogen-bond donors (Lipinski definition) is 2. The Balaban J connectivity index is 1.48. The fraction of sp³-hybridized carbons (Fsp3) is 0.429. The van der Waals surface area contributed by atoms with Crippen LogP contribution in [0.1, 0.15) is 37.3 Å². The van der Waals surface area contributed by atoms with Crippen LogP contribution in [0.2, 0.25) is 0 Å². The number of benzene rings is 2. The molecule has 2 nitrogen and oxygen atoms in total. The molecule has 0 radical (unpaired) electrons. The average Bonchev–Trinajstić information content (AvgIpc) is 2.62. The molecule has 2 aromatic rings. The maximum atomic E-state index is 3.78. The van der Waals surface area contributed by atoms with E-state index in [-0.39, 0.29) is 0 Å². The lowest BCUT2D eigenvalue weighted by Gasteiger charge is -2.35. The monoisotopic (exact) mass is 308 g/mol. The molecular formula is C21H28N2. The first-order valence-corrected chi connectivity index (χ1v) is 8.86. The predicted molar refractivity (Wildman–Crippen MR) is 97.2 cm³/mol. The summed E-state index contributed by atoms with van der Waals surface area (Å²) in [6.45, 7) is 4.34. The lowest BCUT2D eigenvalue weighted by atomic mass is 9.82. The van der Waals surface area contributed by atoms with Crippen LogP contribution in [0.3, 0.4) is 0 Å². The Bertz CT molecular complexity index is 567. The van der Waals surface area contributed by atoms with Crippen molar-refractivity contribution in [1.29, 1.82) is 0 Å². The van der Waals surface area contributed by atoms with Crippen LogP contribution in [0.15, 0.2) is 60.7 Å². The van der Waals surface area contributed by atoms with Gasteiger partial charge in [0.05, 0.1) is 0 Å². The van der Waals surface area contributed by atoms with Gasteiger partial charge in [0.1, 0.15) is 0 Å². The third kappa shape index (κ3) is 4.92. The highest BCUT2D eigenvalue weighted by atomic mass is 15.0. The van der Waals surface area contributed by atoms with E-state index in [9.17, 15) is 0 Å². The Kier molecular flexibility index (Phi) is 5.84. The first-order chi connectivity index (χ1) is 11.3. The van der Waals surface area contributed by atoms with Gasteiger partial charge in [-0.05, 0) is 36.3 Å². The molecular weight excluding hydrogens is 280 g/mol. The minimum absolute atomic E-state index is 0.609. The van der Waals surface area contributed by atoms with Gasteiger partial charge in [-0.1, -0.05) is 67.6 Å². The van der Waals surface area contributed by atoms with Gasteiger partial charge in [-0.15, -0.1) is 0 Å². The molecule has 0 spiro atoms. The lowest BCUT2D eigenvalue weighted by molar-refractivity contribution is 0.232. The molecule has 0 heterocycles. The Morgan fingerprint density at radius 2 is 1.35 bits per heavy atom. The van der Waals surface area contributed by atoms with Crippen LogP contribution in [-0.2, 0) is 13.1 Å². The van der Waals surface area contributed by atoms with Gasteiger partial charge in [-0.3, -0.25) is 0 Å². The summed E-state index contributed by atoms with van der Waals surface area (Å²) >= 11 is 0. The second-order valence-electron chi connectivity index (χ2n) is 6.83. The van der Waals surface area contributed by atoms with Crippen LogP contribution in [0, 0.1) is 5.92 Å². The number of hydrogen-bond acceptors (Lipinski definition) is 2. The Morgan fingerprint density at radius 3 is 1.96 bits per heavy atom. The third-order valence-corrected chi connectivity index (χ3v) is 5.04. The summed E-state index contributed by atoms with van der Waals surface area (Å²) in [7, 11) is 0. The topological polar surface area (TPSA) is 24.1 Å². The summed E-state index contributed by atoms with van der Waals surface area (Å²) in [5.41, 5.74) is 2.75. The third-order valence-electron chi connectivity index (χ3n) is 5.04. The Hall–Kier alpha value is -1.64. The Morgan fingerprint density at radius 1 is 0.783 bits per heavy atom. The number of nitrogens with one attached hydrogen (secondary N) is 2. The fourth-order valence-corrected chi connectivity index (χ4v) is 3.49. The first kappa shape index (κ1) is 16.2. The molecule has 1 fully saturated rings. The largest absolute Gasteiger partial charge is 0.310 e. The molecule has 3 unspecified atom stereocenters. The van der Waals surface area contributed by atoms with E-state index in [0.717, 1.165) is 19.0 Å². The summed E-state index contributed by atoms with van der Waals surface area (Å²) in [6, 6.07) is 22.7. The molecule has 0 aromatic heterocycles. The van der Waals surface area contributed by atoms with Crippen molar-refractivity contribution in [3.05, 3.63) is 71.8 Å². The van der Waals surface area contributed by atoms with Crippen molar-refractivity contribution in [2.45, 2.75) is 51.4 Å². The van der Waals surface area contributed by atoms with E-state index < -0.39 is 0 Å². The smallest absolute Gasteiger partial charge is 0.0208 e. The van der Waals surface area contributed by atoms with Crippen molar-refractivity contribution >= 4 is 0 Å². The van der Waals surface area contributed by atoms with Gasteiger partial charge < -0.3 is 10.6 Å². The summed E-state index contributed by atoms with van der Waals surface area (Å²) in [5.74, 6) is 0.758. The minimum atomic E-state index is 0.609. The van der Waals surface area contributed by atoms with Crippen LogP contribution in [0.4, 0.5) is 0 Å². The molecule has 1 aliphatic rings. The van der Waals surface area contributed by atoms with Gasteiger partial charge >= 0.3 is 0 Å². The van der Waals surface area contributed by atoms with Crippen LogP contribution >= 0.6 is 0 Å². The molecule has 0 saturated heterocycles. The highest BCUT2D eigenvalue weighted by Crippen LogP contribution is 2.25. The van der Waals surface area contributed by atoms with E-state index >= 15 is 0 Å². The van der Waals surface area contributed by atoms with E-state index in [1.807, 2.05) is 0 Å². The molecule has 0 aliphatic heterocycles. The standard InChI is InChI=1S/C21H28N2/c1-17-12-13-20(22-15-18-8-4-2-5-9-18)14-21(17)23-16-19-10-6-3-7-11-19/h2-11,17,20-23H,12-16H2,1H3. The highest BCUT2D eigenvalue weighted by Gasteiger charge is 2.26. The van der Waals surface area contributed by atoms with Crippen LogP contribution in [0.25, 0.3) is 0 Å². The average molecular weight is 308 g/mol. The van der Waals surface area contributed by atoms with E-state index in [1.54, 1.807) is 0 Å². The van der Waals surface area contributed by atoms with Gasteiger partial charge in [0, 0.05) is 25.2 Å². The van der Waals surface area contributed by atoms with Gasteiger partial charge in [-0.25, -0.2) is 0 Å². The molecule has 1 saturated carbocycles. The number of rotatable bonds is 6. The van der Waals surface area contributed by atoms with E-state index in [1.165, 1.54) is 30.4 Å². The quantitative estimate of drug-likeness (QED) is 0.838. The SMILES string of the molecule is CC1CCC(NCc2ccccc2)CC1NCc1ccccc1. The second-order valence-corrected chi connectivity index (χ2v) is 6.83. The highest BCUT2D eigenvalue weighted by molar-refractivity contribution is 5.15. The van der Waals surface area contributed by atoms with Gasteiger partial charge in [-0.2, -0.15) is 0 Å². The molecule has 23 heavy (non-hydrogen) atoms. The maximum Gasteiger partial charge on any atom is 0.0208 e. The Labute approximate surface area is 140 Å². The predicted octanol–water partition coefficient (Wildman–Crippen LogP) is 4.12. The summed E-state index contributed by atoms with van der Waals surface area (Å²) < 4.78 is 0. The first-order valence-electron chi connectivity index (χ1n) is 8.86. The summed E-state index contributed by atoms with van der Waals surface area (Å²) in [6.07, 6.45) is 3.82. The molecule has 1 aliphatic carbocycles. The van der Waals surface area contributed by atoms with Crippen molar-refractivity contribution in [3.63, 3.8) is 0 Å². The van der Waals surface area contributed by atoms with Gasteiger partial charge in [0.2, 0.25) is 0 Å². The summed E-state index contributed by atoms with van der Waals surface area (Å²) in [5, 5.41) is 7.52. The molecule has 2 N–H and O–H groups in total. The molecule has 2 heteroatoms.